The van der Waals surface area contributed by atoms with E-state index < -0.39 is 0 Å². The van der Waals surface area contributed by atoms with E-state index in [0.717, 1.165) is 16.9 Å². The molecule has 0 aliphatic heterocycles. The Morgan fingerprint density at radius 2 is 2.21 bits per heavy atom. The number of para-hydroxylation sites is 2. The van der Waals surface area contributed by atoms with Gasteiger partial charge in [0.15, 0.2) is 5.12 Å². The molecule has 1 N–H and O–H groups in total. The minimum Gasteiger partial charge on any atom is -0.342 e. The highest BCUT2D eigenvalue weighted by Crippen LogP contribution is 2.11. The highest BCUT2D eigenvalue weighted by molar-refractivity contribution is 7.96. The standard InChI is InChI=1S/C10H10N2OS/c13-10(14)6-5-9-11-7-3-1-2-4-8(7)12-9/h1-4H,5-6H2,(H,11,12)(H,13,14). The van der Waals surface area contributed by atoms with Crippen LogP contribution in [0.2, 0.25) is 0 Å². The van der Waals surface area contributed by atoms with E-state index >= 15 is 0 Å². The van der Waals surface area contributed by atoms with Gasteiger partial charge in [-0.2, -0.15) is 0 Å². The summed E-state index contributed by atoms with van der Waals surface area (Å²) < 4.78 is 0. The number of aromatic amines is 1. The second-order valence-electron chi connectivity index (χ2n) is 3.09. The van der Waals surface area contributed by atoms with E-state index in [9.17, 15) is 4.79 Å². The molecule has 0 bridgehead atoms. The van der Waals surface area contributed by atoms with Gasteiger partial charge in [-0.1, -0.05) is 12.1 Å². The Bertz CT molecular complexity index is 431. The lowest BCUT2D eigenvalue weighted by Crippen LogP contribution is -1.93. The molecule has 1 aromatic heterocycles. The fourth-order valence-corrected chi connectivity index (χ4v) is 1.46. The summed E-state index contributed by atoms with van der Waals surface area (Å²) in [5, 5.41) is -0.106. The first-order valence-electron chi connectivity index (χ1n) is 4.41. The summed E-state index contributed by atoms with van der Waals surface area (Å²) in [6.45, 7) is 0. The van der Waals surface area contributed by atoms with Crippen LogP contribution in [0.15, 0.2) is 24.3 Å². The molecule has 0 spiro atoms. The van der Waals surface area contributed by atoms with Crippen LogP contribution in [0, 0.1) is 0 Å². The van der Waals surface area contributed by atoms with Crippen LogP contribution in [0.25, 0.3) is 11.0 Å². The normalized spacial score (nSPS) is 10.6. The molecule has 0 atom stereocenters. The van der Waals surface area contributed by atoms with Gasteiger partial charge in [0, 0.05) is 12.8 Å². The number of fused-ring (bicyclic) bond motifs is 1. The predicted octanol–water partition coefficient (Wildman–Crippen LogP) is 1.95. The van der Waals surface area contributed by atoms with Crippen LogP contribution in [0.5, 0.6) is 0 Å². The monoisotopic (exact) mass is 206 g/mol. The number of nitrogens with zero attached hydrogens (tertiary/aromatic N) is 1. The topological polar surface area (TPSA) is 45.8 Å². The number of nitrogens with one attached hydrogen (secondary N) is 1. The zero-order valence-electron chi connectivity index (χ0n) is 7.53. The molecular weight excluding hydrogens is 196 g/mol. The van der Waals surface area contributed by atoms with Crippen LogP contribution in [0.4, 0.5) is 0 Å². The van der Waals surface area contributed by atoms with Crippen LogP contribution in [-0.4, -0.2) is 15.1 Å². The maximum Gasteiger partial charge on any atom is 0.186 e. The minimum absolute atomic E-state index is 0.106. The van der Waals surface area contributed by atoms with Crippen LogP contribution in [0.3, 0.4) is 0 Å². The Morgan fingerprint density at radius 1 is 1.43 bits per heavy atom. The van der Waals surface area contributed by atoms with Crippen molar-refractivity contribution in [2.45, 2.75) is 12.8 Å². The largest absolute Gasteiger partial charge is 0.342 e. The van der Waals surface area contributed by atoms with Gasteiger partial charge >= 0.3 is 0 Å². The molecule has 72 valence electrons. The maximum absolute atomic E-state index is 10.7. The van der Waals surface area contributed by atoms with Crippen LogP contribution in [-0.2, 0) is 11.2 Å². The van der Waals surface area contributed by atoms with Gasteiger partial charge < -0.3 is 4.98 Å². The molecule has 0 unspecified atom stereocenters. The van der Waals surface area contributed by atoms with Crippen molar-refractivity contribution in [2.75, 3.05) is 0 Å². The molecule has 0 fully saturated rings. The summed E-state index contributed by atoms with van der Waals surface area (Å²) in [4.78, 5) is 18.2. The van der Waals surface area contributed by atoms with Crippen molar-refractivity contribution < 1.29 is 4.79 Å². The van der Waals surface area contributed by atoms with Crippen molar-refractivity contribution in [3.63, 3.8) is 0 Å². The second kappa shape index (κ2) is 3.84. The maximum atomic E-state index is 10.7. The van der Waals surface area contributed by atoms with Crippen molar-refractivity contribution in [3.05, 3.63) is 30.1 Å². The highest BCUT2D eigenvalue weighted by atomic mass is 32.1. The number of hydrogen-bond acceptors (Lipinski definition) is 2. The van der Waals surface area contributed by atoms with Gasteiger partial charge in [-0.05, 0) is 12.1 Å². The molecule has 0 saturated carbocycles. The number of carbonyl (C=O) groups excluding carboxylic acids is 1. The van der Waals surface area contributed by atoms with Gasteiger partial charge in [0.2, 0.25) is 0 Å². The molecule has 14 heavy (non-hydrogen) atoms. The van der Waals surface area contributed by atoms with E-state index in [1.54, 1.807) is 0 Å². The highest BCUT2D eigenvalue weighted by Gasteiger charge is 2.02. The first-order valence-corrected chi connectivity index (χ1v) is 4.86. The summed E-state index contributed by atoms with van der Waals surface area (Å²) in [5.41, 5.74) is 1.95. The van der Waals surface area contributed by atoms with Crippen LogP contribution >= 0.6 is 12.6 Å². The number of thiol groups is 1. The minimum atomic E-state index is -0.106. The molecular formula is C10H10N2OS. The van der Waals surface area contributed by atoms with Crippen molar-refractivity contribution in [1.29, 1.82) is 0 Å². The Balaban J connectivity index is 2.22. The molecule has 0 radical (unpaired) electrons. The molecule has 0 saturated heterocycles. The van der Waals surface area contributed by atoms with E-state index in [-0.39, 0.29) is 5.12 Å². The lowest BCUT2D eigenvalue weighted by molar-refractivity contribution is -0.110. The molecule has 2 rings (SSSR count). The van der Waals surface area contributed by atoms with Gasteiger partial charge in [-0.15, -0.1) is 12.6 Å². The van der Waals surface area contributed by atoms with E-state index in [4.69, 9.17) is 0 Å². The number of hydrogen-bond donors (Lipinski definition) is 2. The van der Waals surface area contributed by atoms with Gasteiger partial charge in [-0.25, -0.2) is 4.98 Å². The predicted molar refractivity (Wildman–Crippen MR) is 58.4 cm³/mol. The van der Waals surface area contributed by atoms with Crippen molar-refractivity contribution in [1.82, 2.24) is 9.97 Å². The summed E-state index contributed by atoms with van der Waals surface area (Å²) in [6.07, 6.45) is 1.04. The average Bonchev–Trinajstić information content (AvgIpc) is 2.57. The van der Waals surface area contributed by atoms with Crippen LogP contribution < -0.4 is 0 Å². The van der Waals surface area contributed by atoms with Gasteiger partial charge in [0.25, 0.3) is 0 Å². The molecule has 4 heteroatoms. The number of aromatic nitrogens is 2. The fraction of sp³-hybridized carbons (Fsp3) is 0.200. The van der Waals surface area contributed by atoms with Crippen molar-refractivity contribution in [3.8, 4) is 0 Å². The van der Waals surface area contributed by atoms with E-state index in [2.05, 4.69) is 22.6 Å². The summed E-state index contributed by atoms with van der Waals surface area (Å²) in [7, 11) is 0. The van der Waals surface area contributed by atoms with E-state index in [1.807, 2.05) is 24.3 Å². The van der Waals surface area contributed by atoms with Crippen molar-refractivity contribution >= 4 is 28.8 Å². The molecule has 0 aliphatic carbocycles. The third-order valence-electron chi connectivity index (χ3n) is 2.01. The number of H-pyrrole nitrogens is 1. The Hall–Kier alpha value is -1.29. The summed E-state index contributed by atoms with van der Waals surface area (Å²) in [6, 6.07) is 7.80. The molecule has 2 aromatic rings. The lowest BCUT2D eigenvalue weighted by Gasteiger charge is -1.90. The quantitative estimate of drug-likeness (QED) is 0.754. The zero-order valence-corrected chi connectivity index (χ0v) is 8.42. The third kappa shape index (κ3) is 1.96. The Labute approximate surface area is 87.0 Å². The number of rotatable bonds is 3. The summed E-state index contributed by atoms with van der Waals surface area (Å²) in [5.74, 6) is 0.841. The molecule has 1 heterocycles. The molecule has 0 amide bonds. The first kappa shape index (κ1) is 9.27. The Kier molecular flexibility index (Phi) is 2.54. The summed E-state index contributed by atoms with van der Waals surface area (Å²) >= 11 is 3.71. The average molecular weight is 206 g/mol. The SMILES string of the molecule is O=C(S)CCc1nc2ccccc2[nH]1. The number of carbonyl (C=O) groups is 1. The molecule has 3 nitrogen and oxygen atoms in total. The van der Waals surface area contributed by atoms with E-state index in [1.165, 1.54) is 0 Å². The lowest BCUT2D eigenvalue weighted by atomic mass is 10.3. The number of imidazole rings is 1. The third-order valence-corrected chi connectivity index (χ3v) is 2.24. The smallest absolute Gasteiger partial charge is 0.186 e. The molecule has 1 aromatic carbocycles. The second-order valence-corrected chi connectivity index (χ2v) is 3.59. The first-order chi connectivity index (χ1) is 6.75. The zero-order chi connectivity index (χ0) is 9.97. The van der Waals surface area contributed by atoms with Crippen molar-refractivity contribution in [2.24, 2.45) is 0 Å². The van der Waals surface area contributed by atoms with Gasteiger partial charge in [-0.3, -0.25) is 4.79 Å². The van der Waals surface area contributed by atoms with E-state index in [0.29, 0.717) is 12.8 Å². The van der Waals surface area contributed by atoms with Crippen LogP contribution in [0.1, 0.15) is 12.2 Å². The fourth-order valence-electron chi connectivity index (χ4n) is 1.35. The Morgan fingerprint density at radius 3 is 2.93 bits per heavy atom. The van der Waals surface area contributed by atoms with Gasteiger partial charge in [0.1, 0.15) is 5.82 Å². The molecule has 0 aliphatic rings. The number of benzene rings is 1. The van der Waals surface area contributed by atoms with Gasteiger partial charge in [0.05, 0.1) is 11.0 Å². The number of aryl methyl sites for hydroxylation is 1.